The summed E-state index contributed by atoms with van der Waals surface area (Å²) in [6, 6.07) is -0.473. The fourth-order valence-electron chi connectivity index (χ4n) is 1.52. The highest BCUT2D eigenvalue weighted by atomic mass is 16.6. The average molecular weight is 157 g/mol. The maximum atomic E-state index is 10.3. The van der Waals surface area contributed by atoms with Crippen LogP contribution in [0.2, 0.25) is 0 Å². The van der Waals surface area contributed by atoms with Gasteiger partial charge in [0.15, 0.2) is 0 Å². The molecule has 0 amide bonds. The molecule has 0 aromatic carbocycles. The van der Waals surface area contributed by atoms with E-state index < -0.39 is 6.04 Å². The van der Waals surface area contributed by atoms with Crippen molar-refractivity contribution >= 4 is 6.29 Å². The number of aldehydes is 1. The van der Waals surface area contributed by atoms with Crippen molar-refractivity contribution in [2.45, 2.75) is 31.7 Å². The molecule has 0 N–H and O–H groups in total. The minimum Gasteiger partial charge on any atom is -0.303 e. The van der Waals surface area contributed by atoms with Crippen LogP contribution in [0.1, 0.15) is 25.7 Å². The van der Waals surface area contributed by atoms with Crippen molar-refractivity contribution in [1.82, 2.24) is 0 Å². The van der Waals surface area contributed by atoms with Crippen molar-refractivity contribution in [2.24, 2.45) is 5.92 Å². The van der Waals surface area contributed by atoms with Crippen LogP contribution >= 0.6 is 0 Å². The maximum absolute atomic E-state index is 10.3. The fraction of sp³-hybridized carbons (Fsp3) is 0.857. The van der Waals surface area contributed by atoms with E-state index in [2.05, 4.69) is 0 Å². The first kappa shape index (κ1) is 8.17. The van der Waals surface area contributed by atoms with Crippen LogP contribution in [0, 0.1) is 16.0 Å². The number of carbonyl (C=O) groups is 1. The Kier molecular flexibility index (Phi) is 2.57. The molecule has 2 atom stereocenters. The second kappa shape index (κ2) is 3.46. The van der Waals surface area contributed by atoms with E-state index in [9.17, 15) is 14.9 Å². The van der Waals surface area contributed by atoms with Gasteiger partial charge in [-0.05, 0) is 12.8 Å². The Bertz CT molecular complexity index is 169. The summed E-state index contributed by atoms with van der Waals surface area (Å²) in [6.07, 6.45) is 3.56. The molecular weight excluding hydrogens is 146 g/mol. The standard InChI is InChI=1S/C7H11NO3/c9-5-6-2-1-3-7(4-6)8(10)11/h5-7H,1-4H2. The minimum absolute atomic E-state index is 0.0702. The third-order valence-electron chi connectivity index (χ3n) is 2.18. The highest BCUT2D eigenvalue weighted by molar-refractivity contribution is 5.53. The molecule has 0 aromatic heterocycles. The van der Waals surface area contributed by atoms with Gasteiger partial charge in [-0.1, -0.05) is 0 Å². The smallest absolute Gasteiger partial charge is 0.213 e. The van der Waals surface area contributed by atoms with E-state index in [0.29, 0.717) is 12.8 Å². The van der Waals surface area contributed by atoms with E-state index >= 15 is 0 Å². The Labute approximate surface area is 64.7 Å². The summed E-state index contributed by atoms with van der Waals surface area (Å²) in [7, 11) is 0. The number of rotatable bonds is 2. The van der Waals surface area contributed by atoms with Gasteiger partial charge in [0.05, 0.1) is 0 Å². The van der Waals surface area contributed by atoms with Crippen molar-refractivity contribution < 1.29 is 9.72 Å². The van der Waals surface area contributed by atoms with E-state index in [1.165, 1.54) is 0 Å². The van der Waals surface area contributed by atoms with Crippen LogP contribution < -0.4 is 0 Å². The zero-order valence-corrected chi connectivity index (χ0v) is 6.23. The van der Waals surface area contributed by atoms with Gasteiger partial charge < -0.3 is 4.79 Å². The summed E-state index contributed by atoms with van der Waals surface area (Å²) in [5.41, 5.74) is 0. The Hall–Kier alpha value is -0.930. The van der Waals surface area contributed by atoms with Gasteiger partial charge in [-0.3, -0.25) is 10.1 Å². The van der Waals surface area contributed by atoms with Crippen molar-refractivity contribution in [3.05, 3.63) is 10.1 Å². The number of hydrogen-bond acceptors (Lipinski definition) is 3. The molecule has 0 radical (unpaired) electrons. The lowest BCUT2D eigenvalue weighted by molar-refractivity contribution is -0.527. The zero-order chi connectivity index (χ0) is 8.27. The SMILES string of the molecule is O=CC1CCCC([N+](=O)[O-])C1. The van der Waals surface area contributed by atoms with E-state index in [1.54, 1.807) is 0 Å². The summed E-state index contributed by atoms with van der Waals surface area (Å²) in [5, 5.41) is 10.3. The molecule has 11 heavy (non-hydrogen) atoms. The Morgan fingerprint density at radius 1 is 1.45 bits per heavy atom. The van der Waals surface area contributed by atoms with Gasteiger partial charge in [-0.25, -0.2) is 0 Å². The van der Waals surface area contributed by atoms with Crippen LogP contribution in [0.4, 0.5) is 0 Å². The molecule has 62 valence electrons. The number of nitro groups is 1. The number of carbonyl (C=O) groups excluding carboxylic acids is 1. The maximum Gasteiger partial charge on any atom is 0.213 e. The highest BCUT2D eigenvalue weighted by Crippen LogP contribution is 2.23. The molecule has 1 aliphatic rings. The first-order valence-corrected chi connectivity index (χ1v) is 3.83. The largest absolute Gasteiger partial charge is 0.303 e. The summed E-state index contributed by atoms with van der Waals surface area (Å²) in [6.45, 7) is 0. The fourth-order valence-corrected chi connectivity index (χ4v) is 1.52. The lowest BCUT2D eigenvalue weighted by Gasteiger charge is -2.19. The van der Waals surface area contributed by atoms with Crippen LogP contribution in [0.25, 0.3) is 0 Å². The molecule has 2 unspecified atom stereocenters. The van der Waals surface area contributed by atoms with Gasteiger partial charge in [0.1, 0.15) is 6.29 Å². The molecule has 0 saturated heterocycles. The molecule has 1 saturated carbocycles. The Morgan fingerprint density at radius 2 is 2.18 bits per heavy atom. The van der Waals surface area contributed by atoms with Crippen LogP contribution in [0.3, 0.4) is 0 Å². The summed E-state index contributed by atoms with van der Waals surface area (Å²) in [4.78, 5) is 20.3. The van der Waals surface area contributed by atoms with E-state index in [0.717, 1.165) is 19.1 Å². The van der Waals surface area contributed by atoms with Crippen molar-refractivity contribution in [3.63, 3.8) is 0 Å². The van der Waals surface area contributed by atoms with Crippen LogP contribution in [0.5, 0.6) is 0 Å². The van der Waals surface area contributed by atoms with Crippen LogP contribution in [0.15, 0.2) is 0 Å². The Morgan fingerprint density at radius 3 is 2.73 bits per heavy atom. The van der Waals surface area contributed by atoms with E-state index in [-0.39, 0.29) is 10.8 Å². The molecular formula is C7H11NO3. The summed E-state index contributed by atoms with van der Waals surface area (Å²) < 4.78 is 0. The van der Waals surface area contributed by atoms with Crippen molar-refractivity contribution in [2.75, 3.05) is 0 Å². The molecule has 0 aliphatic heterocycles. The van der Waals surface area contributed by atoms with Gasteiger partial charge in [0.25, 0.3) is 0 Å². The minimum atomic E-state index is -0.473. The van der Waals surface area contributed by atoms with E-state index in [1.807, 2.05) is 0 Å². The first-order valence-electron chi connectivity index (χ1n) is 3.83. The second-order valence-corrected chi connectivity index (χ2v) is 3.00. The normalized spacial score (nSPS) is 31.3. The molecule has 1 aliphatic carbocycles. The second-order valence-electron chi connectivity index (χ2n) is 3.00. The molecule has 0 spiro atoms. The molecule has 0 aromatic rings. The van der Waals surface area contributed by atoms with Gasteiger partial charge in [-0.2, -0.15) is 0 Å². The van der Waals surface area contributed by atoms with Gasteiger partial charge in [0, 0.05) is 23.7 Å². The predicted molar refractivity (Wildman–Crippen MR) is 38.8 cm³/mol. The van der Waals surface area contributed by atoms with Crippen molar-refractivity contribution in [3.8, 4) is 0 Å². The van der Waals surface area contributed by atoms with Crippen LogP contribution in [-0.4, -0.2) is 17.3 Å². The third-order valence-corrected chi connectivity index (χ3v) is 2.18. The molecule has 0 bridgehead atoms. The topological polar surface area (TPSA) is 60.2 Å². The zero-order valence-electron chi connectivity index (χ0n) is 6.23. The van der Waals surface area contributed by atoms with Crippen molar-refractivity contribution in [1.29, 1.82) is 0 Å². The molecule has 1 rings (SSSR count). The lowest BCUT2D eigenvalue weighted by atomic mass is 9.87. The lowest BCUT2D eigenvalue weighted by Crippen LogP contribution is -2.27. The van der Waals surface area contributed by atoms with Gasteiger partial charge in [0.2, 0.25) is 6.04 Å². The Balaban J connectivity index is 2.45. The predicted octanol–water partition coefficient (Wildman–Crippen LogP) is 1.02. The molecule has 0 heterocycles. The molecule has 4 heteroatoms. The van der Waals surface area contributed by atoms with Gasteiger partial charge in [-0.15, -0.1) is 0 Å². The third kappa shape index (κ3) is 2.00. The molecule has 4 nitrogen and oxygen atoms in total. The quantitative estimate of drug-likeness (QED) is 0.341. The highest BCUT2D eigenvalue weighted by Gasteiger charge is 2.28. The first-order chi connectivity index (χ1) is 5.24. The summed E-state index contributed by atoms with van der Waals surface area (Å²) in [5.74, 6) is -0.0702. The number of hydrogen-bond donors (Lipinski definition) is 0. The van der Waals surface area contributed by atoms with Crippen LogP contribution in [-0.2, 0) is 4.79 Å². The average Bonchev–Trinajstić information content (AvgIpc) is 2.05. The number of nitrogens with zero attached hydrogens (tertiary/aromatic N) is 1. The summed E-state index contributed by atoms with van der Waals surface area (Å²) >= 11 is 0. The van der Waals surface area contributed by atoms with E-state index in [4.69, 9.17) is 0 Å². The van der Waals surface area contributed by atoms with Gasteiger partial charge >= 0.3 is 0 Å². The molecule has 1 fully saturated rings. The monoisotopic (exact) mass is 157 g/mol.